The van der Waals surface area contributed by atoms with Gasteiger partial charge in [0.2, 0.25) is 5.91 Å². The summed E-state index contributed by atoms with van der Waals surface area (Å²) in [5.74, 6) is 0.706. The summed E-state index contributed by atoms with van der Waals surface area (Å²) in [6.07, 6.45) is 0. The van der Waals surface area contributed by atoms with Crippen molar-refractivity contribution < 1.29 is 9.22 Å². The molecule has 2 aliphatic heterocycles. The number of hydrogen-bond acceptors (Lipinski definition) is 5. The summed E-state index contributed by atoms with van der Waals surface area (Å²) in [5.41, 5.74) is 2.82. The molecule has 8 heteroatoms. The number of rotatable bonds is 5. The summed E-state index contributed by atoms with van der Waals surface area (Å²) in [6, 6.07) is 0. The van der Waals surface area contributed by atoms with Gasteiger partial charge >= 0.3 is 0 Å². The first kappa shape index (κ1) is 23.2. The number of azo groups is 1. The van der Waals surface area contributed by atoms with Crippen LogP contribution in [-0.2, 0) is 9.22 Å². The maximum absolute atomic E-state index is 12.3. The number of hydrogen-bond donors (Lipinski definition) is 0. The number of amides is 1. The van der Waals surface area contributed by atoms with Crippen LogP contribution in [0.25, 0.3) is 0 Å². The second-order valence-electron chi connectivity index (χ2n) is 9.81. The third-order valence-electron chi connectivity index (χ3n) is 5.69. The molecular weight excluding hydrogens is 387 g/mol. The summed E-state index contributed by atoms with van der Waals surface area (Å²) >= 11 is 0. The fourth-order valence-corrected chi connectivity index (χ4v) is 12.5. The molecule has 1 amide bonds. The zero-order valence-corrected chi connectivity index (χ0v) is 21.3. The van der Waals surface area contributed by atoms with Gasteiger partial charge in [-0.15, -0.1) is 5.11 Å². The molecule has 158 valence electrons. The summed E-state index contributed by atoms with van der Waals surface area (Å²) in [5, 5.41) is 13.6. The van der Waals surface area contributed by atoms with E-state index >= 15 is 0 Å². The SMILES string of the molecule is CC(=O)N1N=C(C)[C@@H]2N=N/C(=C(\O[Si](C(C)C)(C(C)C)C(C)C)C(C)(C)C)[P@]21. The van der Waals surface area contributed by atoms with Crippen LogP contribution in [0.4, 0.5) is 0 Å². The Balaban J connectivity index is 2.65. The van der Waals surface area contributed by atoms with Crippen molar-refractivity contribution in [3.05, 3.63) is 11.2 Å². The van der Waals surface area contributed by atoms with E-state index in [0.717, 1.165) is 16.9 Å². The van der Waals surface area contributed by atoms with E-state index in [0.29, 0.717) is 16.6 Å². The Bertz CT molecular complexity index is 700. The first-order chi connectivity index (χ1) is 12.7. The number of hydrazone groups is 1. The molecule has 0 aromatic rings. The van der Waals surface area contributed by atoms with E-state index in [-0.39, 0.29) is 17.1 Å². The highest BCUT2D eigenvalue weighted by molar-refractivity contribution is 7.62. The van der Waals surface area contributed by atoms with Gasteiger partial charge in [-0.3, -0.25) is 4.79 Å². The Labute approximate surface area is 172 Å². The number of fused-ring (bicyclic) bond motifs is 1. The average molecular weight is 425 g/mol. The number of carbonyl (C=O) groups excluding carboxylic acids is 1. The molecule has 0 bridgehead atoms. The van der Waals surface area contributed by atoms with Crippen LogP contribution in [0, 0.1) is 5.41 Å². The largest absolute Gasteiger partial charge is 0.544 e. The second kappa shape index (κ2) is 7.98. The zero-order chi connectivity index (χ0) is 21.6. The van der Waals surface area contributed by atoms with Gasteiger partial charge in [-0.25, -0.2) is 4.78 Å². The van der Waals surface area contributed by atoms with E-state index in [1.54, 1.807) is 11.7 Å². The molecule has 0 aromatic heterocycles. The topological polar surface area (TPSA) is 66.6 Å². The Kier molecular flexibility index (Phi) is 6.62. The Morgan fingerprint density at radius 2 is 1.61 bits per heavy atom. The minimum absolute atomic E-state index is 0.0638. The molecule has 0 fully saturated rings. The molecule has 2 aliphatic rings. The van der Waals surface area contributed by atoms with Crippen molar-refractivity contribution in [2.45, 2.75) is 98.6 Å². The lowest BCUT2D eigenvalue weighted by Gasteiger charge is -2.45. The quantitative estimate of drug-likeness (QED) is 0.276. The van der Waals surface area contributed by atoms with Crippen LogP contribution in [-0.4, -0.2) is 30.5 Å². The number of nitrogens with zero attached hydrogens (tertiary/aromatic N) is 4. The van der Waals surface area contributed by atoms with Gasteiger partial charge in [-0.1, -0.05) is 62.3 Å². The first-order valence-corrected chi connectivity index (χ1v) is 13.7. The van der Waals surface area contributed by atoms with Crippen LogP contribution >= 0.6 is 8.07 Å². The molecule has 0 saturated heterocycles. The molecule has 2 heterocycles. The van der Waals surface area contributed by atoms with E-state index in [9.17, 15) is 4.79 Å². The fraction of sp³-hybridized carbons (Fsp3) is 0.800. The van der Waals surface area contributed by atoms with Gasteiger partial charge in [0.05, 0.1) is 5.71 Å². The molecule has 2 rings (SSSR count). The van der Waals surface area contributed by atoms with Crippen LogP contribution in [0.15, 0.2) is 26.5 Å². The Morgan fingerprint density at radius 3 is 2.00 bits per heavy atom. The Morgan fingerprint density at radius 1 is 1.11 bits per heavy atom. The third kappa shape index (κ3) is 3.84. The molecule has 28 heavy (non-hydrogen) atoms. The summed E-state index contributed by atoms with van der Waals surface area (Å²) in [6.45, 7) is 23.7. The van der Waals surface area contributed by atoms with Crippen LogP contribution in [0.3, 0.4) is 0 Å². The average Bonchev–Trinajstić information content (AvgIpc) is 3.07. The van der Waals surface area contributed by atoms with E-state index < -0.39 is 16.4 Å². The van der Waals surface area contributed by atoms with Gasteiger partial charge in [0.25, 0.3) is 8.32 Å². The minimum Gasteiger partial charge on any atom is -0.544 e. The van der Waals surface area contributed by atoms with E-state index in [2.05, 4.69) is 77.6 Å². The van der Waals surface area contributed by atoms with Crippen LogP contribution < -0.4 is 0 Å². The smallest absolute Gasteiger partial charge is 0.258 e. The molecule has 0 N–H and O–H groups in total. The highest BCUT2D eigenvalue weighted by Crippen LogP contribution is 2.64. The van der Waals surface area contributed by atoms with Gasteiger partial charge in [0, 0.05) is 12.3 Å². The van der Waals surface area contributed by atoms with Crippen molar-refractivity contribution in [2.75, 3.05) is 0 Å². The minimum atomic E-state index is -2.17. The third-order valence-corrected chi connectivity index (χ3v) is 14.1. The van der Waals surface area contributed by atoms with E-state index in [1.165, 1.54) is 0 Å². The van der Waals surface area contributed by atoms with Gasteiger partial charge in [0.15, 0.2) is 5.78 Å². The van der Waals surface area contributed by atoms with E-state index in [1.807, 2.05) is 6.92 Å². The fourth-order valence-electron chi connectivity index (χ4n) is 4.46. The lowest BCUT2D eigenvalue weighted by atomic mass is 9.94. The molecule has 6 nitrogen and oxygen atoms in total. The van der Waals surface area contributed by atoms with Crippen molar-refractivity contribution in [1.29, 1.82) is 0 Å². The lowest BCUT2D eigenvalue weighted by Crippen LogP contribution is -2.48. The van der Waals surface area contributed by atoms with Crippen molar-refractivity contribution in [3.8, 4) is 0 Å². The van der Waals surface area contributed by atoms with Crippen LogP contribution in [0.1, 0.15) is 76.2 Å². The monoisotopic (exact) mass is 424 g/mol. The van der Waals surface area contributed by atoms with Gasteiger partial charge < -0.3 is 4.43 Å². The molecular formula is C20H37N4O2PSi. The number of allylic oxidation sites excluding steroid dienone is 1. The molecule has 2 atom stereocenters. The summed E-state index contributed by atoms with van der Waals surface area (Å²) in [7, 11) is -3.26. The predicted molar refractivity (Wildman–Crippen MR) is 120 cm³/mol. The summed E-state index contributed by atoms with van der Waals surface area (Å²) in [4.78, 5) is 12.3. The lowest BCUT2D eigenvalue weighted by molar-refractivity contribution is -0.124. The second-order valence-corrected chi connectivity index (χ2v) is 17.2. The van der Waals surface area contributed by atoms with Crippen LogP contribution in [0.5, 0.6) is 0 Å². The molecule has 0 radical (unpaired) electrons. The van der Waals surface area contributed by atoms with Crippen molar-refractivity contribution in [3.63, 3.8) is 0 Å². The standard InChI is InChI=1S/C20H37N4O2PSi/c1-12(2)28(13(3)4,14(5)6)26-17(20(9,10)11)19-22-21-18-15(7)23-24(16(8)25)27(18)19/h12-14,18H,1-11H3/b19-17+/t18-,27+/m1/s1. The zero-order valence-electron chi connectivity index (χ0n) is 19.4. The number of carbonyl (C=O) groups is 1. The highest BCUT2D eigenvalue weighted by Gasteiger charge is 2.52. The maximum atomic E-state index is 12.3. The van der Waals surface area contributed by atoms with Gasteiger partial charge in [-0.05, 0) is 23.5 Å². The normalized spacial score (nSPS) is 24.4. The molecule has 0 aromatic carbocycles. The van der Waals surface area contributed by atoms with Crippen molar-refractivity contribution >= 4 is 28.0 Å². The first-order valence-electron chi connectivity index (χ1n) is 10.2. The van der Waals surface area contributed by atoms with Gasteiger partial charge in [-0.2, -0.15) is 10.2 Å². The van der Waals surface area contributed by atoms with Crippen LogP contribution in [0.2, 0.25) is 16.6 Å². The summed E-state index contributed by atoms with van der Waals surface area (Å²) < 4.78 is 8.73. The predicted octanol–water partition coefficient (Wildman–Crippen LogP) is 6.82. The molecule has 0 aliphatic carbocycles. The van der Waals surface area contributed by atoms with E-state index in [4.69, 9.17) is 4.43 Å². The van der Waals surface area contributed by atoms with Crippen molar-refractivity contribution in [2.24, 2.45) is 20.7 Å². The molecule has 0 unspecified atom stereocenters. The van der Waals surface area contributed by atoms with Crippen molar-refractivity contribution in [1.82, 2.24) is 4.78 Å². The highest BCUT2D eigenvalue weighted by atomic mass is 31.1. The Hall–Kier alpha value is -1.07. The molecule has 0 saturated carbocycles. The molecule has 0 spiro atoms. The maximum Gasteiger partial charge on any atom is 0.258 e. The van der Waals surface area contributed by atoms with Gasteiger partial charge in [0.1, 0.15) is 19.3 Å².